The number of amides is 2. The first-order valence-corrected chi connectivity index (χ1v) is 10.1. The standard InChI is InChI=1S/C23H29N3O3.ClH/c1-18(16-24-2)22(27)25-12-14-26(15-13-25)23(28)20-8-10-21(11-9-20)29-17-19-6-4-3-5-7-19;/h3-11,18,24H,12-17H2,1-2H3;1H. The maximum atomic E-state index is 12.8. The van der Waals surface area contributed by atoms with E-state index in [1.165, 1.54) is 0 Å². The summed E-state index contributed by atoms with van der Waals surface area (Å²) in [6.07, 6.45) is 0. The average molecular weight is 432 g/mol. The van der Waals surface area contributed by atoms with Crippen LogP contribution in [0.15, 0.2) is 54.6 Å². The Kier molecular flexibility index (Phi) is 9.15. The first-order valence-electron chi connectivity index (χ1n) is 10.1. The average Bonchev–Trinajstić information content (AvgIpc) is 2.78. The topological polar surface area (TPSA) is 61.9 Å². The van der Waals surface area contributed by atoms with Crippen LogP contribution in [0.1, 0.15) is 22.8 Å². The van der Waals surface area contributed by atoms with Gasteiger partial charge in [0.05, 0.1) is 0 Å². The Balaban J connectivity index is 0.00000320. The molecule has 1 unspecified atom stereocenters. The fourth-order valence-corrected chi connectivity index (χ4v) is 3.45. The van der Waals surface area contributed by atoms with Crippen LogP contribution < -0.4 is 10.1 Å². The largest absolute Gasteiger partial charge is 0.489 e. The van der Waals surface area contributed by atoms with Crippen molar-refractivity contribution in [3.05, 3.63) is 65.7 Å². The lowest BCUT2D eigenvalue weighted by Gasteiger charge is -2.36. The van der Waals surface area contributed by atoms with Crippen molar-refractivity contribution >= 4 is 24.2 Å². The monoisotopic (exact) mass is 431 g/mol. The van der Waals surface area contributed by atoms with Crippen LogP contribution in [0.4, 0.5) is 0 Å². The van der Waals surface area contributed by atoms with Crippen molar-refractivity contribution in [1.82, 2.24) is 15.1 Å². The Morgan fingerprint density at radius 3 is 2.17 bits per heavy atom. The number of hydrogen-bond acceptors (Lipinski definition) is 4. The van der Waals surface area contributed by atoms with Crippen LogP contribution in [0.25, 0.3) is 0 Å². The van der Waals surface area contributed by atoms with Crippen LogP contribution in [0.3, 0.4) is 0 Å². The minimum Gasteiger partial charge on any atom is -0.489 e. The van der Waals surface area contributed by atoms with Gasteiger partial charge in [0, 0.05) is 44.2 Å². The van der Waals surface area contributed by atoms with E-state index in [4.69, 9.17) is 4.74 Å². The molecule has 3 rings (SSSR count). The number of piperazine rings is 1. The van der Waals surface area contributed by atoms with Gasteiger partial charge < -0.3 is 19.9 Å². The molecule has 0 bridgehead atoms. The lowest BCUT2D eigenvalue weighted by atomic mass is 10.1. The van der Waals surface area contributed by atoms with Gasteiger partial charge in [-0.15, -0.1) is 12.4 Å². The zero-order valence-electron chi connectivity index (χ0n) is 17.5. The smallest absolute Gasteiger partial charge is 0.253 e. The van der Waals surface area contributed by atoms with Gasteiger partial charge in [-0.1, -0.05) is 37.3 Å². The molecule has 0 saturated carbocycles. The molecule has 1 atom stereocenters. The van der Waals surface area contributed by atoms with Crippen molar-refractivity contribution in [3.8, 4) is 5.75 Å². The lowest BCUT2D eigenvalue weighted by molar-refractivity contribution is -0.136. The van der Waals surface area contributed by atoms with E-state index in [-0.39, 0.29) is 30.1 Å². The molecule has 1 saturated heterocycles. The number of nitrogens with one attached hydrogen (secondary N) is 1. The highest BCUT2D eigenvalue weighted by atomic mass is 35.5. The normalized spacial score (nSPS) is 14.6. The molecule has 1 heterocycles. The van der Waals surface area contributed by atoms with Gasteiger partial charge in [0.1, 0.15) is 12.4 Å². The summed E-state index contributed by atoms with van der Waals surface area (Å²) in [5.74, 6) is 0.825. The molecule has 7 heteroatoms. The molecule has 2 aromatic rings. The Labute approximate surface area is 184 Å². The van der Waals surface area contributed by atoms with Gasteiger partial charge in [0.15, 0.2) is 0 Å². The lowest BCUT2D eigenvalue weighted by Crippen LogP contribution is -2.52. The maximum absolute atomic E-state index is 12.8. The Morgan fingerprint density at radius 2 is 1.57 bits per heavy atom. The number of halogens is 1. The molecule has 1 aliphatic rings. The predicted molar refractivity (Wildman–Crippen MR) is 120 cm³/mol. The maximum Gasteiger partial charge on any atom is 0.253 e. The minimum absolute atomic E-state index is 0. The summed E-state index contributed by atoms with van der Waals surface area (Å²) in [5.41, 5.74) is 1.74. The number of ether oxygens (including phenoxy) is 1. The van der Waals surface area contributed by atoms with E-state index >= 15 is 0 Å². The summed E-state index contributed by atoms with van der Waals surface area (Å²) in [5, 5.41) is 3.04. The van der Waals surface area contributed by atoms with E-state index in [0.717, 1.165) is 11.3 Å². The fraction of sp³-hybridized carbons (Fsp3) is 0.391. The van der Waals surface area contributed by atoms with Gasteiger partial charge in [-0.05, 0) is 36.9 Å². The Bertz CT molecular complexity index is 806. The van der Waals surface area contributed by atoms with E-state index < -0.39 is 0 Å². The van der Waals surface area contributed by atoms with Gasteiger partial charge in [-0.3, -0.25) is 9.59 Å². The number of rotatable bonds is 7. The summed E-state index contributed by atoms with van der Waals surface area (Å²) >= 11 is 0. The predicted octanol–water partition coefficient (Wildman–Crippen LogP) is 2.83. The zero-order valence-corrected chi connectivity index (χ0v) is 18.4. The van der Waals surface area contributed by atoms with Crippen molar-refractivity contribution in [2.75, 3.05) is 39.8 Å². The molecule has 1 fully saturated rings. The van der Waals surface area contributed by atoms with Crippen molar-refractivity contribution in [3.63, 3.8) is 0 Å². The molecule has 2 aromatic carbocycles. The highest BCUT2D eigenvalue weighted by molar-refractivity contribution is 5.94. The molecule has 0 radical (unpaired) electrons. The number of carbonyl (C=O) groups is 2. The van der Waals surface area contributed by atoms with Crippen molar-refractivity contribution < 1.29 is 14.3 Å². The van der Waals surface area contributed by atoms with E-state index in [2.05, 4.69) is 5.32 Å². The van der Waals surface area contributed by atoms with E-state index in [1.54, 1.807) is 12.1 Å². The van der Waals surface area contributed by atoms with Crippen molar-refractivity contribution in [2.24, 2.45) is 5.92 Å². The van der Waals surface area contributed by atoms with Crippen LogP contribution in [-0.4, -0.2) is 61.4 Å². The molecule has 1 aliphatic heterocycles. The van der Waals surface area contributed by atoms with Gasteiger partial charge in [-0.25, -0.2) is 0 Å². The fourth-order valence-electron chi connectivity index (χ4n) is 3.45. The third-order valence-electron chi connectivity index (χ3n) is 5.16. The molecule has 1 N–H and O–H groups in total. The number of carbonyl (C=O) groups excluding carboxylic acids is 2. The molecule has 0 aromatic heterocycles. The van der Waals surface area contributed by atoms with E-state index in [0.29, 0.717) is 44.9 Å². The van der Waals surface area contributed by atoms with Crippen molar-refractivity contribution in [1.29, 1.82) is 0 Å². The van der Waals surface area contributed by atoms with E-state index in [9.17, 15) is 9.59 Å². The molecule has 2 amide bonds. The van der Waals surface area contributed by atoms with Gasteiger partial charge in [0.25, 0.3) is 5.91 Å². The number of benzene rings is 2. The van der Waals surface area contributed by atoms with Gasteiger partial charge in [0.2, 0.25) is 5.91 Å². The molecule has 0 spiro atoms. The van der Waals surface area contributed by atoms with Gasteiger partial charge >= 0.3 is 0 Å². The number of hydrogen-bond donors (Lipinski definition) is 1. The minimum atomic E-state index is -0.0503. The third kappa shape index (κ3) is 6.21. The molecule has 0 aliphatic carbocycles. The highest BCUT2D eigenvalue weighted by Crippen LogP contribution is 2.17. The summed E-state index contributed by atoms with van der Waals surface area (Å²) in [4.78, 5) is 28.8. The summed E-state index contributed by atoms with van der Waals surface area (Å²) < 4.78 is 5.78. The van der Waals surface area contributed by atoms with Gasteiger partial charge in [-0.2, -0.15) is 0 Å². The second-order valence-electron chi connectivity index (χ2n) is 7.37. The molecule has 162 valence electrons. The quantitative estimate of drug-likeness (QED) is 0.732. The van der Waals surface area contributed by atoms with Crippen molar-refractivity contribution in [2.45, 2.75) is 13.5 Å². The van der Waals surface area contributed by atoms with Crippen LogP contribution in [-0.2, 0) is 11.4 Å². The van der Waals surface area contributed by atoms with Crippen LogP contribution in [0, 0.1) is 5.92 Å². The molecular weight excluding hydrogens is 402 g/mol. The Morgan fingerprint density at radius 1 is 0.967 bits per heavy atom. The first kappa shape index (κ1) is 23.7. The van der Waals surface area contributed by atoms with Crippen LogP contribution in [0.2, 0.25) is 0 Å². The molecule has 6 nitrogen and oxygen atoms in total. The second kappa shape index (κ2) is 11.6. The molecule has 30 heavy (non-hydrogen) atoms. The van der Waals surface area contributed by atoms with Crippen LogP contribution in [0.5, 0.6) is 5.75 Å². The first-order chi connectivity index (χ1) is 14.1. The molecular formula is C23H30ClN3O3. The second-order valence-corrected chi connectivity index (χ2v) is 7.37. The zero-order chi connectivity index (χ0) is 20.6. The highest BCUT2D eigenvalue weighted by Gasteiger charge is 2.27. The Hall–Kier alpha value is -2.57. The number of nitrogens with zero attached hydrogens (tertiary/aromatic N) is 2. The summed E-state index contributed by atoms with van der Waals surface area (Å²) in [6, 6.07) is 17.2. The third-order valence-corrected chi connectivity index (χ3v) is 5.16. The summed E-state index contributed by atoms with van der Waals surface area (Å²) in [7, 11) is 1.85. The van der Waals surface area contributed by atoms with Crippen LogP contribution >= 0.6 is 12.4 Å². The van der Waals surface area contributed by atoms with E-state index in [1.807, 2.05) is 66.2 Å². The summed E-state index contributed by atoms with van der Waals surface area (Å²) in [6.45, 7) is 5.37. The SMILES string of the molecule is CNCC(C)C(=O)N1CCN(C(=O)c2ccc(OCc3ccccc3)cc2)CC1.Cl.